The number of aromatic amines is 1. The Morgan fingerprint density at radius 1 is 1.33 bits per heavy atom. The molecule has 158 valence electrons. The number of aliphatic carboxylic acids is 1. The Morgan fingerprint density at radius 2 is 2.20 bits per heavy atom. The molecule has 0 aromatic carbocycles. The third-order valence-electron chi connectivity index (χ3n) is 4.12. The van der Waals surface area contributed by atoms with E-state index < -0.39 is 31.0 Å². The van der Waals surface area contributed by atoms with Crippen molar-refractivity contribution in [3.05, 3.63) is 52.5 Å². The van der Waals surface area contributed by atoms with E-state index in [1.807, 2.05) is 18.2 Å². The molecule has 0 bridgehead atoms. The molecule has 4 N–H and O–H groups in total. The molecule has 1 fully saturated rings. The molecule has 12 heteroatoms. The maximum atomic E-state index is 12.8. The number of carboxylic acids is 1. The summed E-state index contributed by atoms with van der Waals surface area (Å²) < 4.78 is 10.7. The minimum atomic E-state index is -1.43. The van der Waals surface area contributed by atoms with Gasteiger partial charge in [-0.15, -0.1) is 11.3 Å². The molecule has 1 aliphatic rings. The van der Waals surface area contributed by atoms with E-state index in [4.69, 9.17) is 19.3 Å². The highest BCUT2D eigenvalue weighted by molar-refractivity contribution is 7.13. The predicted molar refractivity (Wildman–Crippen MR) is 106 cm³/mol. The lowest BCUT2D eigenvalue weighted by Crippen LogP contribution is -2.52. The third-order valence-corrected chi connectivity index (χ3v) is 4.99. The summed E-state index contributed by atoms with van der Waals surface area (Å²) in [5.41, 5.74) is 0.817. The number of amides is 1. The van der Waals surface area contributed by atoms with Crippen molar-refractivity contribution >= 4 is 36.0 Å². The molecule has 30 heavy (non-hydrogen) atoms. The fourth-order valence-corrected chi connectivity index (χ4v) is 3.39. The number of pyridine rings is 1. The first-order valence-electron chi connectivity index (χ1n) is 9.16. The van der Waals surface area contributed by atoms with Crippen molar-refractivity contribution in [2.24, 2.45) is 5.16 Å². The van der Waals surface area contributed by atoms with Crippen molar-refractivity contribution in [1.29, 1.82) is 0 Å². The highest BCUT2D eigenvalue weighted by Crippen LogP contribution is 2.13. The maximum Gasteiger partial charge on any atom is 0.480 e. The van der Waals surface area contributed by atoms with Crippen molar-refractivity contribution in [3.63, 3.8) is 0 Å². The summed E-state index contributed by atoms with van der Waals surface area (Å²) in [4.78, 5) is 32.6. The topological polar surface area (TPSA) is 141 Å². The van der Waals surface area contributed by atoms with E-state index in [-0.39, 0.29) is 32.0 Å². The molecule has 0 unspecified atom stereocenters. The number of carboxylic acid groups (broad SMARTS) is 1. The molecule has 2 atom stereocenters. The quantitative estimate of drug-likeness (QED) is 0.299. The molecule has 1 amide bonds. The number of rotatable bonds is 8. The van der Waals surface area contributed by atoms with Gasteiger partial charge in [-0.3, -0.25) is 9.59 Å². The number of hydrogen-bond donors (Lipinski definition) is 3. The van der Waals surface area contributed by atoms with Gasteiger partial charge < -0.3 is 29.7 Å². The standard InChI is InChI=1S/C18H20BN3O7S/c23-16(24)8-13-10-27-11-15(19(26)29-13)21-18(25)17(14-5-3-7-30-14)22-28-9-12-4-1-2-6-20-12/h1-7,13,15,26H,8-11H2,(H,21,25)(H,23,24)/p+1/b22-17-/t13-,15-/m0/s1. The molecule has 10 nitrogen and oxygen atoms in total. The van der Waals surface area contributed by atoms with E-state index >= 15 is 0 Å². The monoisotopic (exact) mass is 434 g/mol. The van der Waals surface area contributed by atoms with Gasteiger partial charge in [-0.2, -0.15) is 0 Å². The van der Waals surface area contributed by atoms with Crippen molar-refractivity contribution < 1.29 is 38.9 Å². The van der Waals surface area contributed by atoms with Crippen molar-refractivity contribution in [2.45, 2.75) is 25.1 Å². The van der Waals surface area contributed by atoms with E-state index in [1.165, 1.54) is 11.3 Å². The zero-order chi connectivity index (χ0) is 21.3. The average molecular weight is 434 g/mol. The minimum Gasteiger partial charge on any atom is -0.481 e. The van der Waals surface area contributed by atoms with E-state index in [0.717, 1.165) is 5.69 Å². The zero-order valence-corrected chi connectivity index (χ0v) is 16.7. The van der Waals surface area contributed by atoms with Crippen LogP contribution in [0.15, 0.2) is 47.1 Å². The molecular formula is C18H21BN3O7S+. The van der Waals surface area contributed by atoms with Crippen LogP contribution in [0, 0.1) is 0 Å². The summed E-state index contributed by atoms with van der Waals surface area (Å²) in [6.07, 6.45) is 0.625. The Bertz CT molecular complexity index is 866. The van der Waals surface area contributed by atoms with E-state index in [2.05, 4.69) is 15.5 Å². The first-order chi connectivity index (χ1) is 14.5. The molecule has 3 rings (SSSR count). The molecular weight excluding hydrogens is 413 g/mol. The van der Waals surface area contributed by atoms with E-state index in [1.54, 1.807) is 23.7 Å². The Morgan fingerprint density at radius 3 is 2.90 bits per heavy atom. The number of thiophene rings is 1. The second kappa shape index (κ2) is 10.8. The number of oxime groups is 1. The maximum absolute atomic E-state index is 12.8. The number of carbonyl (C=O) groups is 2. The zero-order valence-electron chi connectivity index (χ0n) is 15.9. The van der Waals surface area contributed by atoms with Gasteiger partial charge in [0.1, 0.15) is 0 Å². The van der Waals surface area contributed by atoms with Crippen LogP contribution < -0.4 is 10.3 Å². The lowest BCUT2D eigenvalue weighted by atomic mass is 9.79. The smallest absolute Gasteiger partial charge is 0.480 e. The van der Waals surface area contributed by atoms with Crippen molar-refractivity contribution in [2.75, 3.05) is 13.2 Å². The van der Waals surface area contributed by atoms with Crippen LogP contribution in [0.25, 0.3) is 0 Å². The molecule has 0 spiro atoms. The highest BCUT2D eigenvalue weighted by Gasteiger charge is 2.36. The summed E-state index contributed by atoms with van der Waals surface area (Å²) in [6.45, 7) is 0.0943. The van der Waals surface area contributed by atoms with Crippen LogP contribution in [0.3, 0.4) is 0 Å². The Labute approximate surface area is 176 Å². The SMILES string of the molecule is O=C(O)C[C@H]1COC[C@H](NC(=O)/C(=N\OCc2cccc[nH+]2)c2cccs2)B(O)O1. The van der Waals surface area contributed by atoms with Gasteiger partial charge in [0.2, 0.25) is 12.3 Å². The molecule has 0 saturated carbocycles. The Balaban J connectivity index is 1.66. The van der Waals surface area contributed by atoms with Crippen LogP contribution in [-0.4, -0.2) is 60.1 Å². The fraction of sp³-hybridized carbons (Fsp3) is 0.333. The largest absolute Gasteiger partial charge is 0.481 e. The van der Waals surface area contributed by atoms with Crippen molar-refractivity contribution in [1.82, 2.24) is 5.32 Å². The second-order valence-corrected chi connectivity index (χ2v) is 7.39. The number of carbonyl (C=O) groups excluding carboxylic acids is 1. The predicted octanol–water partition coefficient (Wildman–Crippen LogP) is -0.122. The Kier molecular flexibility index (Phi) is 7.91. The van der Waals surface area contributed by atoms with Gasteiger partial charge in [0.25, 0.3) is 5.91 Å². The van der Waals surface area contributed by atoms with Gasteiger partial charge in [0, 0.05) is 12.1 Å². The number of nitrogens with one attached hydrogen (secondary N) is 2. The molecule has 0 aliphatic carbocycles. The number of nitrogens with zero attached hydrogens (tertiary/aromatic N) is 1. The lowest BCUT2D eigenvalue weighted by molar-refractivity contribution is -0.396. The lowest BCUT2D eigenvalue weighted by Gasteiger charge is -2.19. The fourth-order valence-electron chi connectivity index (χ4n) is 2.69. The van der Waals surface area contributed by atoms with Crippen LogP contribution in [0.1, 0.15) is 17.0 Å². The van der Waals surface area contributed by atoms with Gasteiger partial charge in [0.15, 0.2) is 11.9 Å². The number of hydrogen-bond acceptors (Lipinski definition) is 8. The van der Waals surface area contributed by atoms with Crippen molar-refractivity contribution in [3.8, 4) is 0 Å². The summed E-state index contributed by atoms with van der Waals surface area (Å²) in [5, 5.41) is 27.5. The number of H-pyrrole nitrogens is 1. The summed E-state index contributed by atoms with van der Waals surface area (Å²) in [6, 6.07) is 9.00. The normalized spacial score (nSPS) is 19.8. The van der Waals surface area contributed by atoms with Crippen LogP contribution in [0.4, 0.5) is 0 Å². The van der Waals surface area contributed by atoms with Gasteiger partial charge in [0.05, 0.1) is 36.6 Å². The summed E-state index contributed by atoms with van der Waals surface area (Å²) in [5.74, 6) is -2.55. The van der Waals surface area contributed by atoms with Gasteiger partial charge in [-0.25, -0.2) is 4.98 Å². The van der Waals surface area contributed by atoms with Gasteiger partial charge in [-0.1, -0.05) is 11.2 Å². The van der Waals surface area contributed by atoms with Gasteiger partial charge in [-0.05, 0) is 17.5 Å². The highest BCUT2D eigenvalue weighted by atomic mass is 32.1. The molecule has 0 radical (unpaired) electrons. The third kappa shape index (κ3) is 6.35. The first-order valence-corrected chi connectivity index (χ1v) is 10.0. The average Bonchev–Trinajstić information content (AvgIpc) is 3.19. The van der Waals surface area contributed by atoms with Crippen LogP contribution in [0.2, 0.25) is 0 Å². The Hall–Kier alpha value is -2.80. The van der Waals surface area contributed by atoms with E-state index in [9.17, 15) is 14.6 Å². The van der Waals surface area contributed by atoms with Gasteiger partial charge >= 0.3 is 13.1 Å². The molecule has 1 saturated heterocycles. The summed E-state index contributed by atoms with van der Waals surface area (Å²) >= 11 is 1.31. The molecule has 2 aromatic heterocycles. The molecule has 3 heterocycles. The summed E-state index contributed by atoms with van der Waals surface area (Å²) in [7, 11) is -1.43. The minimum absolute atomic E-state index is 0.00170. The van der Waals surface area contributed by atoms with Crippen LogP contribution >= 0.6 is 11.3 Å². The number of aromatic nitrogens is 1. The first kappa shape index (κ1) is 21.9. The second-order valence-electron chi connectivity index (χ2n) is 6.44. The molecule has 2 aromatic rings. The molecule has 1 aliphatic heterocycles. The van der Waals surface area contributed by atoms with Crippen LogP contribution in [-0.2, 0) is 30.4 Å². The van der Waals surface area contributed by atoms with E-state index in [0.29, 0.717) is 4.88 Å². The van der Waals surface area contributed by atoms with Crippen LogP contribution in [0.5, 0.6) is 0 Å². The number of ether oxygens (including phenoxy) is 1.